The molecule has 1 aliphatic rings. The summed E-state index contributed by atoms with van der Waals surface area (Å²) in [6, 6.07) is 10.4. The largest absolute Gasteiger partial charge is 0.497 e. The van der Waals surface area contributed by atoms with Gasteiger partial charge in [-0.3, -0.25) is 9.59 Å². The fourth-order valence-corrected chi connectivity index (χ4v) is 3.64. The zero-order valence-corrected chi connectivity index (χ0v) is 18.3. The van der Waals surface area contributed by atoms with Gasteiger partial charge in [0, 0.05) is 30.6 Å². The third kappa shape index (κ3) is 5.02. The average molecular weight is 428 g/mol. The van der Waals surface area contributed by atoms with Crippen molar-refractivity contribution in [3.63, 3.8) is 0 Å². The minimum Gasteiger partial charge on any atom is -0.497 e. The molecule has 0 spiro atoms. The Bertz CT molecular complexity index is 938. The molecule has 0 aromatic heterocycles. The Balaban J connectivity index is 1.62. The molecule has 2 aromatic carbocycles. The fraction of sp³-hybridized carbons (Fsp3) is 0.391. The Hall–Kier alpha value is -3.42. The molecule has 0 aliphatic carbocycles. The summed E-state index contributed by atoms with van der Waals surface area (Å²) in [6.07, 6.45) is 1.16. The van der Waals surface area contributed by atoms with E-state index in [1.54, 1.807) is 62.6 Å². The number of anilines is 1. The summed E-state index contributed by atoms with van der Waals surface area (Å²) in [5.74, 6) is 1.91. The number of carbonyl (C=O) groups excluding carboxylic acids is 2. The number of hydrogen-bond acceptors (Lipinski definition) is 6. The van der Waals surface area contributed by atoms with Gasteiger partial charge in [0.05, 0.1) is 34.1 Å². The third-order valence-corrected chi connectivity index (χ3v) is 5.45. The van der Waals surface area contributed by atoms with Gasteiger partial charge in [0.25, 0.3) is 5.91 Å². The Labute approximate surface area is 182 Å². The smallest absolute Gasteiger partial charge is 0.253 e. The summed E-state index contributed by atoms with van der Waals surface area (Å²) in [6.45, 7) is 1.00. The highest BCUT2D eigenvalue weighted by atomic mass is 16.5. The maximum absolute atomic E-state index is 12.9. The first kappa shape index (κ1) is 22.3. The van der Waals surface area contributed by atoms with Gasteiger partial charge in [-0.2, -0.15) is 0 Å². The van der Waals surface area contributed by atoms with E-state index in [1.165, 1.54) is 7.11 Å². The van der Waals surface area contributed by atoms with Crippen molar-refractivity contribution in [2.24, 2.45) is 5.92 Å². The molecule has 8 heteroatoms. The molecule has 0 saturated carbocycles. The normalized spacial score (nSPS) is 14.0. The van der Waals surface area contributed by atoms with Crippen LogP contribution in [0.4, 0.5) is 5.69 Å². The maximum Gasteiger partial charge on any atom is 0.253 e. The first-order chi connectivity index (χ1) is 15.0. The molecule has 0 bridgehead atoms. The molecule has 1 N–H and O–H groups in total. The third-order valence-electron chi connectivity index (χ3n) is 5.45. The summed E-state index contributed by atoms with van der Waals surface area (Å²) in [5.41, 5.74) is 1.09. The first-order valence-corrected chi connectivity index (χ1v) is 10.0. The van der Waals surface area contributed by atoms with Crippen molar-refractivity contribution in [3.8, 4) is 23.0 Å². The molecular formula is C23H28N2O6. The Morgan fingerprint density at radius 3 is 2.10 bits per heavy atom. The molecule has 0 radical (unpaired) electrons. The second-order valence-corrected chi connectivity index (χ2v) is 7.19. The van der Waals surface area contributed by atoms with Crippen molar-refractivity contribution < 1.29 is 28.5 Å². The molecule has 0 unspecified atom stereocenters. The van der Waals surface area contributed by atoms with E-state index >= 15 is 0 Å². The molecular weight excluding hydrogens is 400 g/mol. The molecule has 8 nitrogen and oxygen atoms in total. The average Bonchev–Trinajstić information content (AvgIpc) is 2.83. The lowest BCUT2D eigenvalue weighted by atomic mass is 9.95. The number of amides is 2. The minimum atomic E-state index is -0.189. The number of piperidine rings is 1. The van der Waals surface area contributed by atoms with E-state index in [2.05, 4.69) is 5.32 Å². The minimum absolute atomic E-state index is 0.0886. The van der Waals surface area contributed by atoms with Gasteiger partial charge in [0.1, 0.15) is 11.5 Å². The molecule has 1 saturated heterocycles. The van der Waals surface area contributed by atoms with Gasteiger partial charge in [0.2, 0.25) is 5.91 Å². The van der Waals surface area contributed by atoms with Crippen molar-refractivity contribution in [1.29, 1.82) is 0 Å². The highest BCUT2D eigenvalue weighted by Crippen LogP contribution is 2.31. The number of nitrogens with zero attached hydrogens (tertiary/aromatic N) is 1. The number of rotatable bonds is 7. The van der Waals surface area contributed by atoms with Crippen LogP contribution in [0.2, 0.25) is 0 Å². The van der Waals surface area contributed by atoms with E-state index in [0.717, 1.165) is 0 Å². The van der Waals surface area contributed by atoms with Crippen molar-refractivity contribution >= 4 is 17.5 Å². The van der Waals surface area contributed by atoms with Crippen LogP contribution in [0.3, 0.4) is 0 Å². The summed E-state index contributed by atoms with van der Waals surface area (Å²) in [7, 11) is 6.21. The van der Waals surface area contributed by atoms with Gasteiger partial charge in [-0.05, 0) is 43.2 Å². The Morgan fingerprint density at radius 2 is 1.48 bits per heavy atom. The van der Waals surface area contributed by atoms with Gasteiger partial charge in [-0.15, -0.1) is 0 Å². The van der Waals surface area contributed by atoms with E-state index in [4.69, 9.17) is 18.9 Å². The van der Waals surface area contributed by atoms with Crippen molar-refractivity contribution in [2.75, 3.05) is 46.8 Å². The van der Waals surface area contributed by atoms with Crippen LogP contribution in [0.1, 0.15) is 23.2 Å². The number of benzene rings is 2. The van der Waals surface area contributed by atoms with E-state index < -0.39 is 0 Å². The number of methoxy groups -OCH3 is 4. The topological polar surface area (TPSA) is 86.3 Å². The van der Waals surface area contributed by atoms with Gasteiger partial charge < -0.3 is 29.2 Å². The predicted molar refractivity (Wildman–Crippen MR) is 116 cm³/mol. The van der Waals surface area contributed by atoms with Crippen LogP contribution in [0.25, 0.3) is 0 Å². The lowest BCUT2D eigenvalue weighted by Crippen LogP contribution is -2.41. The van der Waals surface area contributed by atoms with Crippen molar-refractivity contribution in [1.82, 2.24) is 4.90 Å². The molecule has 1 aliphatic heterocycles. The van der Waals surface area contributed by atoms with E-state index in [-0.39, 0.29) is 17.7 Å². The molecule has 31 heavy (non-hydrogen) atoms. The second kappa shape index (κ2) is 10.1. The maximum atomic E-state index is 12.9. The summed E-state index contributed by atoms with van der Waals surface area (Å²) in [5, 5.41) is 2.93. The number of carbonyl (C=O) groups is 2. The second-order valence-electron chi connectivity index (χ2n) is 7.19. The molecule has 1 fully saturated rings. The Kier molecular flexibility index (Phi) is 7.23. The van der Waals surface area contributed by atoms with Gasteiger partial charge in [-0.25, -0.2) is 0 Å². The zero-order chi connectivity index (χ0) is 22.4. The Morgan fingerprint density at radius 1 is 0.839 bits per heavy atom. The van der Waals surface area contributed by atoms with Crippen molar-refractivity contribution in [2.45, 2.75) is 12.8 Å². The molecule has 0 atom stereocenters. The van der Waals surface area contributed by atoms with E-state index in [0.29, 0.717) is 60.2 Å². The monoisotopic (exact) mass is 428 g/mol. The fourth-order valence-electron chi connectivity index (χ4n) is 3.64. The van der Waals surface area contributed by atoms with Gasteiger partial charge in [-0.1, -0.05) is 0 Å². The first-order valence-electron chi connectivity index (χ1n) is 10.0. The summed E-state index contributed by atoms with van der Waals surface area (Å²) in [4.78, 5) is 27.4. The molecule has 2 amide bonds. The quantitative estimate of drug-likeness (QED) is 0.729. The summed E-state index contributed by atoms with van der Waals surface area (Å²) >= 11 is 0. The zero-order valence-electron chi connectivity index (χ0n) is 18.3. The van der Waals surface area contributed by atoms with Crippen LogP contribution in [0, 0.1) is 5.92 Å². The van der Waals surface area contributed by atoms with Crippen LogP contribution >= 0.6 is 0 Å². The van der Waals surface area contributed by atoms with Crippen LogP contribution in [0.15, 0.2) is 36.4 Å². The molecule has 3 rings (SSSR count). The van der Waals surface area contributed by atoms with Crippen molar-refractivity contribution in [3.05, 3.63) is 42.0 Å². The SMILES string of the molecule is COc1ccc(OC)c(NC(=O)C2CCN(C(=O)c3ccc(OC)c(OC)c3)CC2)c1. The van der Waals surface area contributed by atoms with E-state index in [1.807, 2.05) is 0 Å². The number of likely N-dealkylation sites (tertiary alicyclic amines) is 1. The standard InChI is InChI=1S/C23H28N2O6/c1-28-17-6-8-19(29-2)18(14-17)24-22(26)15-9-11-25(12-10-15)23(27)16-5-7-20(30-3)21(13-16)31-4/h5-8,13-15H,9-12H2,1-4H3,(H,24,26). The predicted octanol–water partition coefficient (Wildman–Crippen LogP) is 3.21. The molecule has 2 aromatic rings. The van der Waals surface area contributed by atoms with Crippen LogP contribution in [-0.2, 0) is 4.79 Å². The number of ether oxygens (including phenoxy) is 4. The van der Waals surface area contributed by atoms with Crippen LogP contribution in [0.5, 0.6) is 23.0 Å². The number of nitrogens with one attached hydrogen (secondary N) is 1. The lowest BCUT2D eigenvalue weighted by molar-refractivity contribution is -0.121. The van der Waals surface area contributed by atoms with E-state index in [9.17, 15) is 9.59 Å². The van der Waals surface area contributed by atoms with Gasteiger partial charge >= 0.3 is 0 Å². The molecule has 166 valence electrons. The highest BCUT2D eigenvalue weighted by Gasteiger charge is 2.28. The summed E-state index contributed by atoms with van der Waals surface area (Å²) < 4.78 is 21.1. The highest BCUT2D eigenvalue weighted by molar-refractivity contribution is 5.96. The molecule has 1 heterocycles. The van der Waals surface area contributed by atoms with Crippen LogP contribution in [-0.4, -0.2) is 58.2 Å². The van der Waals surface area contributed by atoms with Gasteiger partial charge in [0.15, 0.2) is 11.5 Å². The number of hydrogen-bond donors (Lipinski definition) is 1. The lowest BCUT2D eigenvalue weighted by Gasteiger charge is -2.31. The van der Waals surface area contributed by atoms with Crippen LogP contribution < -0.4 is 24.3 Å².